The van der Waals surface area contributed by atoms with Gasteiger partial charge in [-0.15, -0.1) is 0 Å². The van der Waals surface area contributed by atoms with Crippen molar-refractivity contribution in [3.63, 3.8) is 0 Å². The summed E-state index contributed by atoms with van der Waals surface area (Å²) >= 11 is 0. The highest BCUT2D eigenvalue weighted by atomic mass is 35.7. The first-order valence-corrected chi connectivity index (χ1v) is 4.02. The quantitative estimate of drug-likeness (QED) is 0.612. The van der Waals surface area contributed by atoms with Gasteiger partial charge in [-0.1, -0.05) is 12.1 Å². The van der Waals surface area contributed by atoms with Gasteiger partial charge in [0.25, 0.3) is 0 Å². The van der Waals surface area contributed by atoms with E-state index in [1.807, 2.05) is 0 Å². The van der Waals surface area contributed by atoms with Crippen molar-refractivity contribution in [3.8, 4) is 0 Å². The highest BCUT2D eigenvalue weighted by molar-refractivity contribution is 8.21. The van der Waals surface area contributed by atoms with Gasteiger partial charge < -0.3 is 0 Å². The van der Waals surface area contributed by atoms with Crippen LogP contribution in [0.1, 0.15) is 0 Å². The Bertz CT molecular complexity index is 202. The molecule has 3 heteroatoms. The number of benzene rings is 1. The van der Waals surface area contributed by atoms with Crippen LogP contribution in [0.2, 0.25) is 0 Å². The van der Waals surface area contributed by atoms with Gasteiger partial charge in [0.15, 0.2) is 0 Å². The lowest BCUT2D eigenvalue weighted by Gasteiger charge is -1.92. The van der Waals surface area contributed by atoms with Crippen molar-refractivity contribution in [2.75, 3.05) is 0 Å². The standard InChI is InChI=1S/C6H4ClFS/c7-9-6-4-2-1-3-5(6)8/h1-4H. The Hall–Kier alpha value is -0.210. The van der Waals surface area contributed by atoms with E-state index in [1.165, 1.54) is 6.07 Å². The number of hydrogen-bond donors (Lipinski definition) is 0. The molecule has 0 unspecified atom stereocenters. The third-order valence-electron chi connectivity index (χ3n) is 0.920. The number of hydrogen-bond acceptors (Lipinski definition) is 1. The smallest absolute Gasteiger partial charge is 0.137 e. The van der Waals surface area contributed by atoms with E-state index >= 15 is 0 Å². The van der Waals surface area contributed by atoms with Crippen LogP contribution in [0.15, 0.2) is 29.2 Å². The van der Waals surface area contributed by atoms with Crippen LogP contribution in [0, 0.1) is 5.82 Å². The predicted octanol–water partition coefficient (Wildman–Crippen LogP) is 3.07. The molecule has 1 aromatic rings. The molecular weight excluding hydrogens is 159 g/mol. The van der Waals surface area contributed by atoms with Gasteiger partial charge in [0.05, 0.1) is 4.90 Å². The second-order valence-electron chi connectivity index (χ2n) is 1.51. The fourth-order valence-electron chi connectivity index (χ4n) is 0.507. The van der Waals surface area contributed by atoms with Crippen molar-refractivity contribution in [3.05, 3.63) is 30.1 Å². The molecule has 0 N–H and O–H groups in total. The van der Waals surface area contributed by atoms with Crippen molar-refractivity contribution < 1.29 is 4.39 Å². The van der Waals surface area contributed by atoms with E-state index in [-0.39, 0.29) is 5.82 Å². The van der Waals surface area contributed by atoms with E-state index in [1.54, 1.807) is 18.2 Å². The molecule has 0 saturated carbocycles. The van der Waals surface area contributed by atoms with Crippen LogP contribution < -0.4 is 0 Å². The fraction of sp³-hybridized carbons (Fsp3) is 0. The third-order valence-corrected chi connectivity index (χ3v) is 1.92. The lowest BCUT2D eigenvalue weighted by atomic mass is 10.4. The molecule has 0 bridgehead atoms. The molecule has 48 valence electrons. The molecule has 0 aromatic heterocycles. The van der Waals surface area contributed by atoms with Gasteiger partial charge in [-0.25, -0.2) is 4.39 Å². The Morgan fingerprint density at radius 2 is 2.00 bits per heavy atom. The van der Waals surface area contributed by atoms with Crippen molar-refractivity contribution in [2.45, 2.75) is 4.90 Å². The third kappa shape index (κ3) is 1.60. The summed E-state index contributed by atoms with van der Waals surface area (Å²) < 4.78 is 12.5. The lowest BCUT2D eigenvalue weighted by molar-refractivity contribution is 0.602. The van der Waals surface area contributed by atoms with Crippen LogP contribution in [0.25, 0.3) is 0 Å². The number of rotatable bonds is 1. The monoisotopic (exact) mass is 162 g/mol. The second-order valence-corrected chi connectivity index (χ2v) is 2.56. The molecule has 0 fully saturated rings. The van der Waals surface area contributed by atoms with Gasteiger partial charge in [-0.05, 0) is 33.8 Å². The van der Waals surface area contributed by atoms with Crippen LogP contribution in [0.4, 0.5) is 4.39 Å². The number of halogens is 2. The fourth-order valence-corrected chi connectivity index (χ4v) is 1.15. The van der Waals surface area contributed by atoms with Crippen LogP contribution in [-0.2, 0) is 0 Å². The van der Waals surface area contributed by atoms with Gasteiger partial charge in [-0.2, -0.15) is 0 Å². The lowest BCUT2D eigenvalue weighted by Crippen LogP contribution is -1.73. The molecule has 0 spiro atoms. The van der Waals surface area contributed by atoms with E-state index in [4.69, 9.17) is 10.7 Å². The Kier molecular flexibility index (Phi) is 2.37. The molecular formula is C6H4ClFS. The maximum Gasteiger partial charge on any atom is 0.137 e. The zero-order chi connectivity index (χ0) is 6.69. The van der Waals surface area contributed by atoms with E-state index in [0.29, 0.717) is 4.90 Å². The highest BCUT2D eigenvalue weighted by Crippen LogP contribution is 2.23. The molecule has 0 nitrogen and oxygen atoms in total. The summed E-state index contributed by atoms with van der Waals surface area (Å²) in [4.78, 5) is 0.471. The minimum Gasteiger partial charge on any atom is -0.206 e. The predicted molar refractivity (Wildman–Crippen MR) is 38.1 cm³/mol. The average molecular weight is 163 g/mol. The molecule has 0 heterocycles. The van der Waals surface area contributed by atoms with Crippen molar-refractivity contribution in [2.24, 2.45) is 0 Å². The Morgan fingerprint density at radius 1 is 1.33 bits per heavy atom. The van der Waals surface area contributed by atoms with Crippen molar-refractivity contribution >= 4 is 21.7 Å². The first-order chi connectivity index (χ1) is 4.34. The van der Waals surface area contributed by atoms with E-state index < -0.39 is 0 Å². The van der Waals surface area contributed by atoms with Gasteiger partial charge >= 0.3 is 0 Å². The van der Waals surface area contributed by atoms with E-state index in [2.05, 4.69) is 0 Å². The van der Waals surface area contributed by atoms with Crippen LogP contribution in [0.3, 0.4) is 0 Å². The summed E-state index contributed by atoms with van der Waals surface area (Å²) in [7, 11) is 6.20. The maximum atomic E-state index is 12.5. The van der Waals surface area contributed by atoms with Gasteiger partial charge in [0.2, 0.25) is 0 Å². The summed E-state index contributed by atoms with van der Waals surface area (Å²) in [5, 5.41) is 0. The molecule has 1 aromatic carbocycles. The zero-order valence-corrected chi connectivity index (χ0v) is 6.05. The van der Waals surface area contributed by atoms with Gasteiger partial charge in [-0.3, -0.25) is 0 Å². The normalized spacial score (nSPS) is 9.56. The van der Waals surface area contributed by atoms with Crippen LogP contribution in [0.5, 0.6) is 0 Å². The largest absolute Gasteiger partial charge is 0.206 e. The molecule has 9 heavy (non-hydrogen) atoms. The van der Waals surface area contributed by atoms with Crippen LogP contribution in [-0.4, -0.2) is 0 Å². The van der Waals surface area contributed by atoms with Gasteiger partial charge in [0, 0.05) is 0 Å². The summed E-state index contributed by atoms with van der Waals surface area (Å²) in [5.74, 6) is -0.266. The Balaban J connectivity index is 3.01. The van der Waals surface area contributed by atoms with Gasteiger partial charge in [0.1, 0.15) is 5.82 Å². The van der Waals surface area contributed by atoms with Crippen molar-refractivity contribution in [1.82, 2.24) is 0 Å². The zero-order valence-electron chi connectivity index (χ0n) is 4.47. The minimum absolute atomic E-state index is 0.266. The maximum absolute atomic E-state index is 12.5. The average Bonchev–Trinajstić information content (AvgIpc) is 1.89. The summed E-state index contributed by atoms with van der Waals surface area (Å²) in [6.07, 6.45) is 0. The molecule has 0 saturated heterocycles. The molecule has 0 aliphatic heterocycles. The van der Waals surface area contributed by atoms with E-state index in [0.717, 1.165) is 11.0 Å². The summed E-state index contributed by atoms with van der Waals surface area (Å²) in [6.45, 7) is 0. The first-order valence-electron chi connectivity index (χ1n) is 2.37. The molecule has 0 aliphatic rings. The Labute approximate surface area is 61.5 Å². The second kappa shape index (κ2) is 3.08. The molecule has 0 radical (unpaired) electrons. The first kappa shape index (κ1) is 6.90. The molecule has 0 aliphatic carbocycles. The van der Waals surface area contributed by atoms with Crippen molar-refractivity contribution in [1.29, 1.82) is 0 Å². The topological polar surface area (TPSA) is 0 Å². The molecule has 1 rings (SSSR count). The summed E-state index contributed by atoms with van der Waals surface area (Å²) in [5.41, 5.74) is 0. The van der Waals surface area contributed by atoms with Crippen LogP contribution >= 0.6 is 21.7 Å². The molecule has 0 atom stereocenters. The summed E-state index contributed by atoms with van der Waals surface area (Å²) in [6, 6.07) is 6.39. The SMILES string of the molecule is Fc1ccccc1SCl. The van der Waals surface area contributed by atoms with E-state index in [9.17, 15) is 4.39 Å². The minimum atomic E-state index is -0.266. The Morgan fingerprint density at radius 3 is 2.44 bits per heavy atom. The molecule has 0 amide bonds. The highest BCUT2D eigenvalue weighted by Gasteiger charge is 1.96.